The van der Waals surface area contributed by atoms with E-state index in [9.17, 15) is 0 Å². The van der Waals surface area contributed by atoms with Crippen LogP contribution in [0.4, 0.5) is 0 Å². The summed E-state index contributed by atoms with van der Waals surface area (Å²) in [4.78, 5) is 8.95. The summed E-state index contributed by atoms with van der Waals surface area (Å²) in [5.41, 5.74) is 5.37. The second-order valence-corrected chi connectivity index (χ2v) is 5.01. The van der Waals surface area contributed by atoms with Gasteiger partial charge in [-0.15, -0.1) is 0 Å². The van der Waals surface area contributed by atoms with Gasteiger partial charge in [-0.3, -0.25) is 4.98 Å². The van der Waals surface area contributed by atoms with Crippen LogP contribution in [0.3, 0.4) is 0 Å². The number of pyridine rings is 2. The summed E-state index contributed by atoms with van der Waals surface area (Å²) in [6.45, 7) is 4.96. The van der Waals surface area contributed by atoms with Crippen LogP contribution in [0, 0.1) is 0 Å². The molecule has 0 unspecified atom stereocenters. The highest BCUT2D eigenvalue weighted by Crippen LogP contribution is 2.19. The van der Waals surface area contributed by atoms with Crippen molar-refractivity contribution < 1.29 is 0 Å². The Morgan fingerprint density at radius 1 is 0.842 bits per heavy atom. The number of benzene rings is 1. The van der Waals surface area contributed by atoms with Crippen molar-refractivity contribution in [1.29, 1.82) is 0 Å². The molecule has 92 valence electrons. The Hall–Kier alpha value is -2.16. The highest BCUT2D eigenvalue weighted by molar-refractivity contribution is 6.70. The third-order valence-electron chi connectivity index (χ3n) is 3.33. The molecule has 0 aliphatic rings. The zero-order chi connectivity index (χ0) is 13.2. The topological polar surface area (TPSA) is 25.8 Å². The fraction of sp³-hybridized carbons (Fsp3) is 0.125. The minimum Gasteiger partial charge on any atom is -0.255 e. The molecule has 19 heavy (non-hydrogen) atoms. The molecular formula is C16H15BN2. The van der Waals surface area contributed by atoms with Crippen molar-refractivity contribution in [2.24, 2.45) is 0 Å². The van der Waals surface area contributed by atoms with Crippen LogP contribution < -0.4 is 5.46 Å². The predicted molar refractivity (Wildman–Crippen MR) is 82.1 cm³/mol. The molecule has 0 aliphatic carbocycles. The van der Waals surface area contributed by atoms with Gasteiger partial charge in [0.15, 0.2) is 6.71 Å². The zero-order valence-corrected chi connectivity index (χ0v) is 11.2. The molecule has 0 aliphatic heterocycles. The lowest BCUT2D eigenvalue weighted by atomic mass is 9.49. The number of fused-ring (bicyclic) bond motifs is 1. The van der Waals surface area contributed by atoms with Crippen molar-refractivity contribution in [3.8, 4) is 11.3 Å². The smallest absolute Gasteiger partial charge is 0.169 e. The van der Waals surface area contributed by atoms with E-state index >= 15 is 0 Å². The lowest BCUT2D eigenvalue weighted by Gasteiger charge is -2.05. The summed E-state index contributed by atoms with van der Waals surface area (Å²) in [7, 11) is 0. The summed E-state index contributed by atoms with van der Waals surface area (Å²) >= 11 is 0. The van der Waals surface area contributed by atoms with Crippen LogP contribution in [-0.2, 0) is 0 Å². The molecule has 0 saturated carbocycles. The van der Waals surface area contributed by atoms with E-state index in [-0.39, 0.29) is 0 Å². The highest BCUT2D eigenvalue weighted by Gasteiger charge is 2.05. The van der Waals surface area contributed by atoms with Gasteiger partial charge in [-0.2, -0.15) is 0 Å². The Kier molecular flexibility index (Phi) is 3.04. The lowest BCUT2D eigenvalue weighted by Crippen LogP contribution is -2.21. The number of rotatable bonds is 2. The summed E-state index contributed by atoms with van der Waals surface area (Å²) < 4.78 is 0. The maximum absolute atomic E-state index is 4.66. The second kappa shape index (κ2) is 4.85. The third kappa shape index (κ3) is 2.36. The molecule has 0 radical (unpaired) electrons. The monoisotopic (exact) mass is 246 g/mol. The molecule has 0 bridgehead atoms. The van der Waals surface area contributed by atoms with Crippen molar-refractivity contribution in [3.05, 3.63) is 54.7 Å². The van der Waals surface area contributed by atoms with E-state index < -0.39 is 0 Å². The van der Waals surface area contributed by atoms with E-state index in [2.05, 4.69) is 47.9 Å². The van der Waals surface area contributed by atoms with Crippen LogP contribution in [0.25, 0.3) is 22.3 Å². The van der Waals surface area contributed by atoms with Crippen LogP contribution in [0.15, 0.2) is 54.7 Å². The van der Waals surface area contributed by atoms with Gasteiger partial charge in [0.2, 0.25) is 0 Å². The normalized spacial score (nSPS) is 10.6. The van der Waals surface area contributed by atoms with Gasteiger partial charge >= 0.3 is 0 Å². The maximum Gasteiger partial charge on any atom is 0.169 e. The summed E-state index contributed by atoms with van der Waals surface area (Å²) in [6.07, 6.45) is 1.79. The molecular weight excluding hydrogens is 231 g/mol. The van der Waals surface area contributed by atoms with Gasteiger partial charge in [0.1, 0.15) is 0 Å². The Balaban J connectivity index is 2.03. The van der Waals surface area contributed by atoms with E-state index in [0.717, 1.165) is 22.3 Å². The molecule has 0 spiro atoms. The lowest BCUT2D eigenvalue weighted by molar-refractivity contribution is 1.34. The predicted octanol–water partition coefficient (Wildman–Crippen LogP) is 3.26. The molecule has 3 aromatic rings. The number of nitrogens with zero attached hydrogens (tertiary/aromatic N) is 2. The van der Waals surface area contributed by atoms with E-state index in [0.29, 0.717) is 6.71 Å². The molecule has 0 saturated heterocycles. The Morgan fingerprint density at radius 2 is 1.63 bits per heavy atom. The highest BCUT2D eigenvalue weighted by atomic mass is 14.8. The van der Waals surface area contributed by atoms with Crippen molar-refractivity contribution in [3.63, 3.8) is 0 Å². The Morgan fingerprint density at radius 3 is 2.37 bits per heavy atom. The van der Waals surface area contributed by atoms with Crippen molar-refractivity contribution in [2.75, 3.05) is 0 Å². The molecule has 0 amide bonds. The van der Waals surface area contributed by atoms with Crippen LogP contribution in [0.5, 0.6) is 0 Å². The molecule has 0 atom stereocenters. The van der Waals surface area contributed by atoms with Crippen LogP contribution in [-0.4, -0.2) is 16.7 Å². The average molecular weight is 246 g/mol. The number of hydrogen-bond acceptors (Lipinski definition) is 2. The SMILES string of the molecule is CB(C)c1ccc(-c2ccc3ncccc3n2)cc1. The van der Waals surface area contributed by atoms with Crippen LogP contribution in [0.2, 0.25) is 13.6 Å². The first-order chi connectivity index (χ1) is 9.24. The van der Waals surface area contributed by atoms with Crippen molar-refractivity contribution >= 4 is 23.2 Å². The second-order valence-electron chi connectivity index (χ2n) is 5.01. The molecule has 2 aromatic heterocycles. The van der Waals surface area contributed by atoms with Crippen molar-refractivity contribution in [1.82, 2.24) is 9.97 Å². The molecule has 0 fully saturated rings. The van der Waals surface area contributed by atoms with Crippen molar-refractivity contribution in [2.45, 2.75) is 13.6 Å². The molecule has 1 aromatic carbocycles. The summed E-state index contributed by atoms with van der Waals surface area (Å²) in [6, 6.07) is 16.6. The largest absolute Gasteiger partial charge is 0.255 e. The molecule has 2 nitrogen and oxygen atoms in total. The van der Waals surface area contributed by atoms with Gasteiger partial charge in [0, 0.05) is 11.8 Å². The summed E-state index contributed by atoms with van der Waals surface area (Å²) in [5, 5.41) is 0. The molecule has 3 rings (SSSR count). The third-order valence-corrected chi connectivity index (χ3v) is 3.33. The van der Waals surface area contributed by atoms with Gasteiger partial charge in [0.25, 0.3) is 0 Å². The first-order valence-corrected chi connectivity index (χ1v) is 6.56. The van der Waals surface area contributed by atoms with Gasteiger partial charge in [-0.25, -0.2) is 4.98 Å². The minimum atomic E-state index is 0.558. The van der Waals surface area contributed by atoms with E-state index in [1.165, 1.54) is 5.46 Å². The fourth-order valence-electron chi connectivity index (χ4n) is 2.16. The zero-order valence-electron chi connectivity index (χ0n) is 11.2. The first-order valence-electron chi connectivity index (χ1n) is 6.56. The van der Waals surface area contributed by atoms with Gasteiger partial charge in [0.05, 0.1) is 16.7 Å². The van der Waals surface area contributed by atoms with E-state index in [4.69, 9.17) is 0 Å². The van der Waals surface area contributed by atoms with E-state index in [1.807, 2.05) is 24.3 Å². The summed E-state index contributed by atoms with van der Waals surface area (Å²) in [5.74, 6) is 0. The molecule has 2 heterocycles. The maximum atomic E-state index is 4.66. The van der Waals surface area contributed by atoms with E-state index in [1.54, 1.807) is 6.20 Å². The number of hydrogen-bond donors (Lipinski definition) is 0. The standard InChI is InChI=1S/C16H15BN2/c1-17(2)13-7-5-12(6-8-13)14-9-10-15-16(19-14)4-3-11-18-15/h3-11H,1-2H3. The fourth-order valence-corrected chi connectivity index (χ4v) is 2.16. The Labute approximate surface area is 113 Å². The van der Waals surface area contributed by atoms with Gasteiger partial charge < -0.3 is 0 Å². The molecule has 3 heteroatoms. The van der Waals surface area contributed by atoms with Crippen LogP contribution in [0.1, 0.15) is 0 Å². The quantitative estimate of drug-likeness (QED) is 0.648. The van der Waals surface area contributed by atoms with Gasteiger partial charge in [-0.1, -0.05) is 43.4 Å². The minimum absolute atomic E-state index is 0.558. The first kappa shape index (κ1) is 11.9. The number of aromatic nitrogens is 2. The average Bonchev–Trinajstić information content (AvgIpc) is 2.47. The Bertz CT molecular complexity index is 705. The molecule has 0 N–H and O–H groups in total. The van der Waals surface area contributed by atoms with Gasteiger partial charge in [-0.05, 0) is 24.3 Å². The van der Waals surface area contributed by atoms with Crippen LogP contribution >= 0.6 is 0 Å².